The third-order valence-electron chi connectivity index (χ3n) is 3.81. The van der Waals surface area contributed by atoms with Crippen LogP contribution < -0.4 is 11.1 Å². The Bertz CT molecular complexity index is 299. The molecule has 0 aliphatic heterocycles. The Morgan fingerprint density at radius 3 is 2.24 bits per heavy atom. The lowest BCUT2D eigenvalue weighted by molar-refractivity contribution is -0.124. The van der Waals surface area contributed by atoms with Crippen LogP contribution in [0.25, 0.3) is 0 Å². The van der Waals surface area contributed by atoms with Crippen LogP contribution in [0.2, 0.25) is 0 Å². The summed E-state index contributed by atoms with van der Waals surface area (Å²) in [6.45, 7) is 2.05. The number of thiocarbonyl (C=S) groups is 1. The highest BCUT2D eigenvalue weighted by atomic mass is 32.1. The largest absolute Gasteiger partial charge is 0.393 e. The summed E-state index contributed by atoms with van der Waals surface area (Å²) in [5.74, 6) is 1.23. The molecule has 0 spiro atoms. The summed E-state index contributed by atoms with van der Waals surface area (Å²) in [6.07, 6.45) is 6.79. The average molecular weight is 254 g/mol. The van der Waals surface area contributed by atoms with Crippen molar-refractivity contribution in [1.82, 2.24) is 5.32 Å². The number of rotatable bonds is 7. The van der Waals surface area contributed by atoms with Crippen LogP contribution in [0.15, 0.2) is 0 Å². The molecule has 0 radical (unpaired) electrons. The predicted octanol–water partition coefficient (Wildman–Crippen LogP) is 1.99. The van der Waals surface area contributed by atoms with E-state index in [0.717, 1.165) is 24.7 Å². The molecule has 3 N–H and O–H groups in total. The highest BCUT2D eigenvalue weighted by Crippen LogP contribution is 2.44. The minimum atomic E-state index is -0.269. The lowest BCUT2D eigenvalue weighted by Crippen LogP contribution is -2.44. The van der Waals surface area contributed by atoms with Gasteiger partial charge in [-0.2, -0.15) is 0 Å². The monoisotopic (exact) mass is 254 g/mol. The van der Waals surface area contributed by atoms with Crippen molar-refractivity contribution >= 4 is 23.1 Å². The van der Waals surface area contributed by atoms with E-state index in [1.807, 2.05) is 0 Å². The SMILES string of the molecule is CCCC(C(=O)NC(C1CC1)C1CC1)C(N)=S. The number of hydrogen-bond acceptors (Lipinski definition) is 2. The van der Waals surface area contributed by atoms with E-state index in [9.17, 15) is 4.79 Å². The van der Waals surface area contributed by atoms with Crippen LogP contribution in [0.1, 0.15) is 45.4 Å². The molecule has 3 nitrogen and oxygen atoms in total. The van der Waals surface area contributed by atoms with Gasteiger partial charge < -0.3 is 11.1 Å². The summed E-state index contributed by atoms with van der Waals surface area (Å²) in [6, 6.07) is 0.399. The molecule has 0 saturated heterocycles. The van der Waals surface area contributed by atoms with E-state index in [4.69, 9.17) is 18.0 Å². The Hall–Kier alpha value is -0.640. The number of carbonyl (C=O) groups is 1. The Kier molecular flexibility index (Phi) is 4.02. The third kappa shape index (κ3) is 3.41. The third-order valence-corrected chi connectivity index (χ3v) is 4.09. The minimum Gasteiger partial charge on any atom is -0.393 e. The molecule has 1 unspecified atom stereocenters. The molecule has 96 valence electrons. The first-order chi connectivity index (χ1) is 8.13. The summed E-state index contributed by atoms with van der Waals surface area (Å²) in [7, 11) is 0. The van der Waals surface area contributed by atoms with Crippen molar-refractivity contribution in [2.24, 2.45) is 23.5 Å². The van der Waals surface area contributed by atoms with E-state index in [1.165, 1.54) is 25.7 Å². The molecule has 0 heterocycles. The van der Waals surface area contributed by atoms with Gasteiger partial charge in [-0.3, -0.25) is 4.79 Å². The van der Waals surface area contributed by atoms with Crippen molar-refractivity contribution < 1.29 is 4.79 Å². The van der Waals surface area contributed by atoms with Crippen LogP contribution in [0.4, 0.5) is 0 Å². The van der Waals surface area contributed by atoms with Crippen LogP contribution in [-0.4, -0.2) is 16.9 Å². The topological polar surface area (TPSA) is 55.1 Å². The zero-order valence-corrected chi connectivity index (χ0v) is 11.3. The summed E-state index contributed by atoms with van der Waals surface area (Å²) in [4.78, 5) is 12.5. The van der Waals surface area contributed by atoms with Gasteiger partial charge in [-0.15, -0.1) is 0 Å². The van der Waals surface area contributed by atoms with E-state index >= 15 is 0 Å². The Morgan fingerprint density at radius 2 is 1.88 bits per heavy atom. The van der Waals surface area contributed by atoms with Gasteiger partial charge in [0.25, 0.3) is 0 Å². The molecular weight excluding hydrogens is 232 g/mol. The summed E-state index contributed by atoms with van der Waals surface area (Å²) >= 11 is 4.99. The van der Waals surface area contributed by atoms with E-state index in [-0.39, 0.29) is 11.8 Å². The van der Waals surface area contributed by atoms with Crippen molar-refractivity contribution in [3.05, 3.63) is 0 Å². The van der Waals surface area contributed by atoms with Gasteiger partial charge in [0.1, 0.15) is 0 Å². The Morgan fingerprint density at radius 1 is 1.35 bits per heavy atom. The molecular formula is C13H22N2OS. The van der Waals surface area contributed by atoms with Crippen molar-refractivity contribution in [2.75, 3.05) is 0 Å². The fourth-order valence-corrected chi connectivity index (χ4v) is 2.71. The molecule has 0 aromatic heterocycles. The van der Waals surface area contributed by atoms with E-state index in [1.54, 1.807) is 0 Å². The zero-order valence-electron chi connectivity index (χ0n) is 10.4. The lowest BCUT2D eigenvalue weighted by Gasteiger charge is -2.21. The number of nitrogens with two attached hydrogens (primary N) is 1. The predicted molar refractivity (Wildman–Crippen MR) is 72.6 cm³/mol. The lowest BCUT2D eigenvalue weighted by atomic mass is 10.0. The van der Waals surface area contributed by atoms with Crippen molar-refractivity contribution in [3.8, 4) is 0 Å². The Labute approximate surface area is 109 Å². The molecule has 2 rings (SSSR count). The van der Waals surface area contributed by atoms with Gasteiger partial charge in [0.05, 0.1) is 10.9 Å². The molecule has 0 bridgehead atoms. The molecule has 2 aliphatic rings. The van der Waals surface area contributed by atoms with E-state index in [0.29, 0.717) is 11.0 Å². The first-order valence-corrected chi connectivity index (χ1v) is 7.14. The van der Waals surface area contributed by atoms with Crippen LogP contribution in [0, 0.1) is 17.8 Å². The second-order valence-electron chi connectivity index (χ2n) is 5.45. The minimum absolute atomic E-state index is 0.0585. The molecule has 2 aliphatic carbocycles. The molecule has 4 heteroatoms. The summed E-state index contributed by atoms with van der Waals surface area (Å²) in [5, 5.41) is 3.20. The highest BCUT2D eigenvalue weighted by molar-refractivity contribution is 7.80. The molecule has 17 heavy (non-hydrogen) atoms. The molecule has 0 aromatic carbocycles. The highest BCUT2D eigenvalue weighted by Gasteiger charge is 2.42. The number of hydrogen-bond donors (Lipinski definition) is 2. The zero-order chi connectivity index (χ0) is 12.4. The first kappa shape index (κ1) is 12.8. The number of amides is 1. The van der Waals surface area contributed by atoms with Crippen LogP contribution in [-0.2, 0) is 4.79 Å². The van der Waals surface area contributed by atoms with Gasteiger partial charge in [-0.25, -0.2) is 0 Å². The second kappa shape index (κ2) is 5.34. The van der Waals surface area contributed by atoms with Crippen LogP contribution in [0.3, 0.4) is 0 Å². The maximum absolute atomic E-state index is 12.2. The fourth-order valence-electron chi connectivity index (χ4n) is 2.49. The van der Waals surface area contributed by atoms with Gasteiger partial charge in [0, 0.05) is 6.04 Å². The first-order valence-electron chi connectivity index (χ1n) is 6.73. The molecule has 2 saturated carbocycles. The van der Waals surface area contributed by atoms with Gasteiger partial charge in [-0.05, 0) is 43.9 Å². The van der Waals surface area contributed by atoms with Crippen molar-refractivity contribution in [3.63, 3.8) is 0 Å². The van der Waals surface area contributed by atoms with Gasteiger partial charge in [-0.1, -0.05) is 25.6 Å². The fraction of sp³-hybridized carbons (Fsp3) is 0.846. The maximum Gasteiger partial charge on any atom is 0.230 e. The van der Waals surface area contributed by atoms with Crippen molar-refractivity contribution in [1.29, 1.82) is 0 Å². The normalized spacial score (nSPS) is 21.3. The molecule has 1 amide bonds. The van der Waals surface area contributed by atoms with Crippen LogP contribution >= 0.6 is 12.2 Å². The number of nitrogens with one attached hydrogen (secondary N) is 1. The summed E-state index contributed by atoms with van der Waals surface area (Å²) < 4.78 is 0. The van der Waals surface area contributed by atoms with Gasteiger partial charge in [0.2, 0.25) is 5.91 Å². The van der Waals surface area contributed by atoms with E-state index < -0.39 is 0 Å². The Balaban J connectivity index is 1.90. The van der Waals surface area contributed by atoms with Gasteiger partial charge >= 0.3 is 0 Å². The standard InChI is InChI=1S/C13H22N2OS/c1-2-3-10(12(14)17)13(16)15-11(8-4-5-8)9-6-7-9/h8-11H,2-7H2,1H3,(H2,14,17)(H,15,16). The molecule has 2 fully saturated rings. The quantitative estimate of drug-likeness (QED) is 0.683. The molecule has 0 aromatic rings. The van der Waals surface area contributed by atoms with E-state index in [2.05, 4.69) is 12.2 Å². The smallest absolute Gasteiger partial charge is 0.230 e. The average Bonchev–Trinajstić information content (AvgIpc) is 3.15. The number of carbonyl (C=O) groups excluding carboxylic acids is 1. The van der Waals surface area contributed by atoms with Gasteiger partial charge in [0.15, 0.2) is 0 Å². The van der Waals surface area contributed by atoms with Crippen LogP contribution in [0.5, 0.6) is 0 Å². The maximum atomic E-state index is 12.2. The molecule has 1 atom stereocenters. The van der Waals surface area contributed by atoms with Crippen molar-refractivity contribution in [2.45, 2.75) is 51.5 Å². The second-order valence-corrected chi connectivity index (χ2v) is 5.92. The summed E-state index contributed by atoms with van der Waals surface area (Å²) in [5.41, 5.74) is 5.65.